The number of benzene rings is 4. The van der Waals surface area contributed by atoms with Crippen molar-refractivity contribution in [2.24, 2.45) is 0 Å². The second-order valence-electron chi connectivity index (χ2n) is 9.47. The highest BCUT2D eigenvalue weighted by Crippen LogP contribution is 2.45. The van der Waals surface area contributed by atoms with E-state index in [1.165, 1.54) is 11.1 Å². The van der Waals surface area contributed by atoms with E-state index in [2.05, 4.69) is 133 Å². The second kappa shape index (κ2) is 9.77. The van der Waals surface area contributed by atoms with E-state index >= 15 is 0 Å². The molecule has 2 atom stereocenters. The summed E-state index contributed by atoms with van der Waals surface area (Å²) in [5.41, 5.74) is 4.61. The lowest BCUT2D eigenvalue weighted by Gasteiger charge is -2.46. The summed E-state index contributed by atoms with van der Waals surface area (Å²) in [4.78, 5) is 0. The number of rotatable bonds is 4. The molecule has 5 rings (SSSR count). The highest BCUT2D eigenvalue weighted by Gasteiger charge is 2.48. The van der Waals surface area contributed by atoms with Gasteiger partial charge in [-0.1, -0.05) is 109 Å². The molecule has 166 valence electrons. The zero-order valence-electron chi connectivity index (χ0n) is 19.7. The minimum atomic E-state index is -1.27. The molecule has 1 fully saturated rings. The van der Waals surface area contributed by atoms with Gasteiger partial charge in [-0.25, -0.2) is 0 Å². The number of hydrogen-bond acceptors (Lipinski definition) is 2. The summed E-state index contributed by atoms with van der Waals surface area (Å²) in [5, 5.41) is 0. The molecule has 0 spiro atoms. The van der Waals surface area contributed by atoms with Crippen LogP contribution in [0.15, 0.2) is 121 Å². The van der Waals surface area contributed by atoms with E-state index in [0.29, 0.717) is 0 Å². The van der Waals surface area contributed by atoms with Gasteiger partial charge in [0.05, 0.1) is 6.10 Å². The molecule has 0 bridgehead atoms. The van der Waals surface area contributed by atoms with E-state index < -0.39 is 6.28 Å². The summed E-state index contributed by atoms with van der Waals surface area (Å²) in [6, 6.07) is 42.1. The van der Waals surface area contributed by atoms with Crippen molar-refractivity contribution in [1.29, 1.82) is 0 Å². The van der Waals surface area contributed by atoms with Gasteiger partial charge in [0.25, 0.3) is 0 Å². The molecule has 0 saturated carbocycles. The lowest BCUT2D eigenvalue weighted by Crippen LogP contribution is -2.58. The fourth-order valence-electron chi connectivity index (χ4n) is 4.95. The lowest BCUT2D eigenvalue weighted by molar-refractivity contribution is 0.209. The van der Waals surface area contributed by atoms with Gasteiger partial charge in [-0.2, -0.15) is 13.6 Å². The first kappa shape index (κ1) is 22.3. The van der Waals surface area contributed by atoms with Gasteiger partial charge >= 0.3 is 7.05 Å². The van der Waals surface area contributed by atoms with E-state index in [1.54, 1.807) is 0 Å². The summed E-state index contributed by atoms with van der Waals surface area (Å²) in [7, 11) is -0.198. The van der Waals surface area contributed by atoms with E-state index in [4.69, 9.17) is 4.65 Å². The zero-order valence-corrected chi connectivity index (χ0v) is 19.7. The predicted molar refractivity (Wildman–Crippen MR) is 144 cm³/mol. The van der Waals surface area contributed by atoms with Crippen molar-refractivity contribution >= 4 is 18.8 Å². The average Bonchev–Trinajstić information content (AvgIpc) is 3.32. The molecule has 0 aliphatic carbocycles. The quantitative estimate of drug-likeness (QED) is 0.286. The molecule has 1 saturated heterocycles. The van der Waals surface area contributed by atoms with Crippen LogP contribution in [0.25, 0.3) is 0 Å². The maximum atomic E-state index is 6.93. The summed E-state index contributed by atoms with van der Waals surface area (Å²) in [6.07, 6.45) is -1.38. The monoisotopic (exact) mass is 440 g/mol. The Morgan fingerprint density at radius 2 is 1.18 bits per heavy atom. The van der Waals surface area contributed by atoms with E-state index in [1.807, 2.05) is 18.2 Å². The maximum Gasteiger partial charge on any atom is 0.380 e. The van der Waals surface area contributed by atoms with Crippen molar-refractivity contribution in [3.05, 3.63) is 138 Å². The third-order valence-electron chi connectivity index (χ3n) is 6.60. The summed E-state index contributed by atoms with van der Waals surface area (Å²) >= 11 is 0. The van der Waals surface area contributed by atoms with Crippen molar-refractivity contribution in [2.75, 3.05) is 0 Å². The van der Waals surface area contributed by atoms with Crippen LogP contribution in [0.3, 0.4) is 0 Å². The zero-order chi connectivity index (χ0) is 23.4. The Balaban J connectivity index is 1.65. The van der Waals surface area contributed by atoms with Crippen LogP contribution in [0.1, 0.15) is 28.8 Å². The van der Waals surface area contributed by atoms with Crippen LogP contribution in [-0.2, 0) is 4.65 Å². The van der Waals surface area contributed by atoms with Crippen molar-refractivity contribution < 1.29 is 4.65 Å². The van der Waals surface area contributed by atoms with Crippen LogP contribution in [0, 0.1) is 11.7 Å². The average molecular weight is 440 g/mol. The fraction of sp³-hybridized carbons (Fsp3) is 0.133. The van der Waals surface area contributed by atoms with Crippen LogP contribution in [0.5, 0.6) is 0 Å². The molecule has 4 aromatic rings. The molecule has 4 heteroatoms. The summed E-state index contributed by atoms with van der Waals surface area (Å²) in [5.74, 6) is 7.09. The normalized spacial score (nSPS) is 18.4. The molecule has 0 unspecified atom stereocenters. The van der Waals surface area contributed by atoms with Crippen LogP contribution in [0.4, 0.5) is 0 Å². The molecule has 4 aromatic carbocycles. The molecule has 0 amide bonds. The van der Waals surface area contributed by atoms with Gasteiger partial charge in [-0.3, -0.25) is 5.82 Å². The van der Waals surface area contributed by atoms with E-state index in [0.717, 1.165) is 11.0 Å². The standard InChI is InChI=1S/C30H28B2NO/c1-32(2,24-23-25-15-7-3-8-16-25)33-29(26-17-9-4-10-18-26)30(27-19-11-5-12-20-27)34-31(33)28-21-13-6-14-22-28/h3-22,29-30H,1-2H3/q-1/t29-,30+/m0/s1. The van der Waals surface area contributed by atoms with Crippen LogP contribution < -0.4 is 5.46 Å². The first-order chi connectivity index (χ1) is 16.6. The molecule has 34 heavy (non-hydrogen) atoms. The summed E-state index contributed by atoms with van der Waals surface area (Å²) < 4.78 is 9.44. The Kier molecular flexibility index (Phi) is 6.41. The Labute approximate surface area is 203 Å². The molecular formula is C30H28B2NO-. The molecular weight excluding hydrogens is 412 g/mol. The highest BCUT2D eigenvalue weighted by atomic mass is 16.5. The van der Waals surface area contributed by atoms with E-state index in [-0.39, 0.29) is 19.2 Å². The molecule has 0 N–H and O–H groups in total. The van der Waals surface area contributed by atoms with Crippen molar-refractivity contribution in [2.45, 2.75) is 25.8 Å². The molecule has 1 heterocycles. The SMILES string of the molecule is C[B-](C)(C#Cc1ccccc1)N1B(c2ccccc2)O[C@H](c2ccccc2)[C@@H]1c1ccccc1. The fourth-order valence-corrected chi connectivity index (χ4v) is 4.95. The topological polar surface area (TPSA) is 12.5 Å². The van der Waals surface area contributed by atoms with Gasteiger partial charge < -0.3 is 9.38 Å². The maximum absolute atomic E-state index is 6.93. The Bertz CT molecular complexity index is 1270. The largest absolute Gasteiger partial charge is 0.469 e. The smallest absolute Gasteiger partial charge is 0.380 e. The molecule has 0 radical (unpaired) electrons. The van der Waals surface area contributed by atoms with Gasteiger partial charge in [0.15, 0.2) is 0 Å². The van der Waals surface area contributed by atoms with Gasteiger partial charge in [0.2, 0.25) is 0 Å². The molecule has 1 aliphatic rings. The first-order valence-corrected chi connectivity index (χ1v) is 12.0. The van der Waals surface area contributed by atoms with Crippen molar-refractivity contribution in [3.63, 3.8) is 0 Å². The third-order valence-corrected chi connectivity index (χ3v) is 6.60. The van der Waals surface area contributed by atoms with Crippen LogP contribution in [0.2, 0.25) is 13.6 Å². The Hall–Kier alpha value is -3.51. The predicted octanol–water partition coefficient (Wildman–Crippen LogP) is 5.99. The Morgan fingerprint density at radius 1 is 0.676 bits per heavy atom. The van der Waals surface area contributed by atoms with Gasteiger partial charge in [-0.15, -0.1) is 5.92 Å². The van der Waals surface area contributed by atoms with Gasteiger partial charge in [-0.05, 0) is 28.7 Å². The highest BCUT2D eigenvalue weighted by molar-refractivity contribution is 6.91. The van der Waals surface area contributed by atoms with Crippen LogP contribution in [-0.4, -0.2) is 18.1 Å². The van der Waals surface area contributed by atoms with Crippen molar-refractivity contribution in [1.82, 2.24) is 4.72 Å². The Morgan fingerprint density at radius 3 is 1.76 bits per heavy atom. The number of nitrogens with zero attached hydrogens (tertiary/aromatic N) is 1. The van der Waals surface area contributed by atoms with Gasteiger partial charge in [0.1, 0.15) is 6.28 Å². The molecule has 2 nitrogen and oxygen atoms in total. The van der Waals surface area contributed by atoms with E-state index in [9.17, 15) is 0 Å². The molecule has 0 aromatic heterocycles. The minimum Gasteiger partial charge on any atom is -0.469 e. The summed E-state index contributed by atoms with van der Waals surface area (Å²) in [6.45, 7) is 4.52. The van der Waals surface area contributed by atoms with Crippen molar-refractivity contribution in [3.8, 4) is 11.7 Å². The molecule has 1 aliphatic heterocycles. The number of hydrogen-bond donors (Lipinski definition) is 0. The third kappa shape index (κ3) is 4.59. The lowest BCUT2D eigenvalue weighted by atomic mass is 9.34. The minimum absolute atomic E-state index is 0.0360. The van der Waals surface area contributed by atoms with Gasteiger partial charge in [0, 0.05) is 11.6 Å². The first-order valence-electron chi connectivity index (χ1n) is 12.0. The second-order valence-corrected chi connectivity index (χ2v) is 9.47. The van der Waals surface area contributed by atoms with Crippen LogP contribution >= 0.6 is 0 Å².